The van der Waals surface area contributed by atoms with Crippen LogP contribution in [0.15, 0.2) is 65.2 Å². The molecule has 0 saturated carbocycles. The Morgan fingerprint density at radius 2 is 1.73 bits per heavy atom. The van der Waals surface area contributed by atoms with E-state index in [1.165, 1.54) is 0 Å². The van der Waals surface area contributed by atoms with Crippen molar-refractivity contribution in [3.8, 4) is 11.1 Å². The fraction of sp³-hybridized carbons (Fsp3) is 0.150. The fourth-order valence-electron chi connectivity index (χ4n) is 2.48. The molecule has 0 aliphatic carbocycles. The minimum Gasteiger partial charge on any atom is -0.360 e. The van der Waals surface area contributed by atoms with Crippen LogP contribution in [-0.4, -0.2) is 23.0 Å². The molecule has 2 amide bonds. The van der Waals surface area contributed by atoms with Crippen LogP contribution in [0.25, 0.3) is 11.1 Å². The smallest absolute Gasteiger partial charge is 0.251 e. The molecular formula is C20H19N3O3. The van der Waals surface area contributed by atoms with Crippen LogP contribution < -0.4 is 10.6 Å². The van der Waals surface area contributed by atoms with E-state index in [1.807, 2.05) is 42.5 Å². The summed E-state index contributed by atoms with van der Waals surface area (Å²) in [6.07, 6.45) is 0. The van der Waals surface area contributed by atoms with Crippen LogP contribution in [0.1, 0.15) is 23.0 Å². The lowest BCUT2D eigenvalue weighted by Crippen LogP contribution is -2.41. The van der Waals surface area contributed by atoms with Crippen LogP contribution in [0.5, 0.6) is 0 Å². The summed E-state index contributed by atoms with van der Waals surface area (Å²) in [6, 6.07) is 17.9. The summed E-state index contributed by atoms with van der Waals surface area (Å²) >= 11 is 0. The number of anilines is 1. The first-order valence-corrected chi connectivity index (χ1v) is 8.23. The molecule has 6 heteroatoms. The third-order valence-electron chi connectivity index (χ3n) is 3.85. The number of amides is 2. The lowest BCUT2D eigenvalue weighted by atomic mass is 10.0. The molecule has 3 aromatic rings. The Bertz CT molecular complexity index is 919. The van der Waals surface area contributed by atoms with Crippen molar-refractivity contribution < 1.29 is 14.1 Å². The molecule has 0 aliphatic rings. The molecule has 132 valence electrons. The summed E-state index contributed by atoms with van der Waals surface area (Å²) in [5.41, 5.74) is 2.45. The molecule has 3 rings (SSSR count). The molecule has 0 fully saturated rings. The summed E-state index contributed by atoms with van der Waals surface area (Å²) in [5, 5.41) is 8.99. The number of aromatic nitrogens is 1. The van der Waals surface area contributed by atoms with Gasteiger partial charge in [0.1, 0.15) is 11.8 Å². The third kappa shape index (κ3) is 4.16. The van der Waals surface area contributed by atoms with Crippen molar-refractivity contribution in [2.45, 2.75) is 19.9 Å². The fourth-order valence-corrected chi connectivity index (χ4v) is 2.48. The molecule has 2 aromatic carbocycles. The van der Waals surface area contributed by atoms with Gasteiger partial charge >= 0.3 is 0 Å². The Labute approximate surface area is 151 Å². The summed E-state index contributed by atoms with van der Waals surface area (Å²) in [4.78, 5) is 24.6. The second-order valence-electron chi connectivity index (χ2n) is 5.95. The van der Waals surface area contributed by atoms with Gasteiger partial charge in [0.15, 0.2) is 5.82 Å². The molecule has 1 heterocycles. The van der Waals surface area contributed by atoms with E-state index in [9.17, 15) is 9.59 Å². The lowest BCUT2D eigenvalue weighted by molar-refractivity contribution is -0.117. The number of carbonyl (C=O) groups is 2. The van der Waals surface area contributed by atoms with Gasteiger partial charge in [-0.05, 0) is 37.1 Å². The number of rotatable bonds is 5. The van der Waals surface area contributed by atoms with Gasteiger partial charge in [0, 0.05) is 11.6 Å². The van der Waals surface area contributed by atoms with Crippen molar-refractivity contribution in [1.29, 1.82) is 0 Å². The number of benzene rings is 2. The highest BCUT2D eigenvalue weighted by atomic mass is 16.5. The summed E-state index contributed by atoms with van der Waals surface area (Å²) in [6.45, 7) is 3.34. The monoisotopic (exact) mass is 349 g/mol. The van der Waals surface area contributed by atoms with Crippen LogP contribution in [0.4, 0.5) is 5.82 Å². The van der Waals surface area contributed by atoms with Crippen LogP contribution in [-0.2, 0) is 4.79 Å². The van der Waals surface area contributed by atoms with Crippen LogP contribution in [0, 0.1) is 6.92 Å². The van der Waals surface area contributed by atoms with E-state index < -0.39 is 6.04 Å². The van der Waals surface area contributed by atoms with Gasteiger partial charge < -0.3 is 15.2 Å². The molecule has 6 nitrogen and oxygen atoms in total. The predicted molar refractivity (Wildman–Crippen MR) is 98.7 cm³/mol. The third-order valence-corrected chi connectivity index (χ3v) is 3.85. The van der Waals surface area contributed by atoms with Crippen molar-refractivity contribution in [3.05, 3.63) is 72.0 Å². The molecule has 0 bridgehead atoms. The zero-order valence-corrected chi connectivity index (χ0v) is 14.5. The minimum absolute atomic E-state index is 0.318. The number of hydrogen-bond acceptors (Lipinski definition) is 4. The van der Waals surface area contributed by atoms with E-state index in [1.54, 1.807) is 32.0 Å². The lowest BCUT2D eigenvalue weighted by Gasteiger charge is -2.13. The summed E-state index contributed by atoms with van der Waals surface area (Å²) in [5.74, 6) is 0.224. The number of carbonyl (C=O) groups excluding carboxylic acids is 2. The van der Waals surface area contributed by atoms with E-state index in [0.717, 1.165) is 11.1 Å². The van der Waals surface area contributed by atoms with E-state index in [0.29, 0.717) is 17.1 Å². The van der Waals surface area contributed by atoms with E-state index >= 15 is 0 Å². The number of hydrogen-bond donors (Lipinski definition) is 2. The first kappa shape index (κ1) is 17.4. The Balaban J connectivity index is 1.66. The minimum atomic E-state index is -0.722. The van der Waals surface area contributed by atoms with Gasteiger partial charge in [-0.1, -0.05) is 47.6 Å². The molecule has 1 atom stereocenters. The first-order valence-electron chi connectivity index (χ1n) is 8.23. The molecule has 0 spiro atoms. The predicted octanol–water partition coefficient (Wildman–Crippen LogP) is 3.41. The molecule has 2 N–H and O–H groups in total. The summed E-state index contributed by atoms with van der Waals surface area (Å²) in [7, 11) is 0. The second-order valence-corrected chi connectivity index (χ2v) is 5.95. The topological polar surface area (TPSA) is 84.2 Å². The number of aryl methyl sites for hydroxylation is 1. The Morgan fingerprint density at radius 1 is 1.00 bits per heavy atom. The summed E-state index contributed by atoms with van der Waals surface area (Å²) < 4.78 is 4.90. The Hall–Kier alpha value is -3.41. The highest BCUT2D eigenvalue weighted by molar-refractivity contribution is 6.01. The van der Waals surface area contributed by atoms with Crippen LogP contribution in [0.2, 0.25) is 0 Å². The van der Waals surface area contributed by atoms with Gasteiger partial charge in [0.25, 0.3) is 5.91 Å². The van der Waals surface area contributed by atoms with Crippen molar-refractivity contribution >= 4 is 17.6 Å². The molecule has 26 heavy (non-hydrogen) atoms. The van der Waals surface area contributed by atoms with Gasteiger partial charge in [-0.15, -0.1) is 0 Å². The van der Waals surface area contributed by atoms with E-state index in [2.05, 4.69) is 15.8 Å². The molecule has 1 aromatic heterocycles. The Kier molecular flexibility index (Phi) is 5.12. The molecule has 0 aliphatic heterocycles. The van der Waals surface area contributed by atoms with Crippen LogP contribution in [0.3, 0.4) is 0 Å². The number of nitrogens with one attached hydrogen (secondary N) is 2. The van der Waals surface area contributed by atoms with Crippen LogP contribution >= 0.6 is 0 Å². The van der Waals surface area contributed by atoms with Gasteiger partial charge in [0.05, 0.1) is 0 Å². The standard InChI is InChI=1S/C20H19N3O3/c1-13-11-18(23-26-13)22-19(24)14(2)21-20(25)17-10-6-9-16(12-17)15-7-4-3-5-8-15/h3-12,14H,1-2H3,(H,21,25)(H,22,23,24)/t14-/m1/s1. The van der Waals surface area contributed by atoms with E-state index in [4.69, 9.17) is 4.52 Å². The molecule has 0 unspecified atom stereocenters. The van der Waals surface area contributed by atoms with Gasteiger partial charge in [-0.3, -0.25) is 9.59 Å². The quantitative estimate of drug-likeness (QED) is 0.739. The molecular weight excluding hydrogens is 330 g/mol. The van der Waals surface area contributed by atoms with Gasteiger partial charge in [-0.2, -0.15) is 0 Å². The average Bonchev–Trinajstić information content (AvgIpc) is 3.07. The zero-order valence-electron chi connectivity index (χ0n) is 14.5. The van der Waals surface area contributed by atoms with Gasteiger partial charge in [0.2, 0.25) is 5.91 Å². The molecule has 0 radical (unpaired) electrons. The average molecular weight is 349 g/mol. The van der Waals surface area contributed by atoms with E-state index in [-0.39, 0.29) is 11.8 Å². The van der Waals surface area contributed by atoms with Crippen molar-refractivity contribution in [2.75, 3.05) is 5.32 Å². The highest BCUT2D eigenvalue weighted by Gasteiger charge is 2.18. The molecule has 0 saturated heterocycles. The highest BCUT2D eigenvalue weighted by Crippen LogP contribution is 2.20. The van der Waals surface area contributed by atoms with Crippen molar-refractivity contribution in [1.82, 2.24) is 10.5 Å². The SMILES string of the molecule is Cc1cc(NC(=O)[C@@H](C)NC(=O)c2cccc(-c3ccccc3)c2)no1. The zero-order chi connectivity index (χ0) is 18.5. The first-order chi connectivity index (χ1) is 12.5. The second kappa shape index (κ2) is 7.65. The largest absolute Gasteiger partial charge is 0.360 e. The van der Waals surface area contributed by atoms with Crippen molar-refractivity contribution in [2.24, 2.45) is 0 Å². The van der Waals surface area contributed by atoms with Crippen molar-refractivity contribution in [3.63, 3.8) is 0 Å². The maximum Gasteiger partial charge on any atom is 0.251 e. The maximum absolute atomic E-state index is 12.5. The van der Waals surface area contributed by atoms with Gasteiger partial charge in [-0.25, -0.2) is 0 Å². The Morgan fingerprint density at radius 3 is 2.42 bits per heavy atom. The number of nitrogens with zero attached hydrogens (tertiary/aromatic N) is 1. The normalized spacial score (nSPS) is 11.6. The maximum atomic E-state index is 12.5.